The minimum absolute atomic E-state index is 0.0338. The van der Waals surface area contributed by atoms with E-state index >= 15 is 0 Å². The molecule has 7 heteroatoms. The van der Waals surface area contributed by atoms with Gasteiger partial charge in [-0.25, -0.2) is 4.68 Å². The number of amides is 1. The second-order valence-electron chi connectivity index (χ2n) is 6.83. The molecule has 1 atom stereocenters. The van der Waals surface area contributed by atoms with Crippen molar-refractivity contribution in [2.75, 3.05) is 13.1 Å². The number of benzene rings is 1. The zero-order valence-corrected chi connectivity index (χ0v) is 14.2. The number of para-hydroxylation sites is 1. The summed E-state index contributed by atoms with van der Waals surface area (Å²) < 4.78 is 3.58. The number of carbonyl (C=O) groups is 1. The zero-order valence-electron chi connectivity index (χ0n) is 14.2. The number of carbonyl (C=O) groups excluding carboxylic acids is 1. The summed E-state index contributed by atoms with van der Waals surface area (Å²) in [7, 11) is 1.94. The fourth-order valence-corrected chi connectivity index (χ4v) is 3.72. The number of likely N-dealkylation sites (tertiary alicyclic amines) is 1. The number of aryl methyl sites for hydroxylation is 1. The monoisotopic (exact) mass is 339 g/mol. The van der Waals surface area contributed by atoms with E-state index in [1.807, 2.05) is 42.1 Å². The number of hydrogen-bond donors (Lipinski definition) is 1. The van der Waals surface area contributed by atoms with Crippen LogP contribution in [-0.2, 0) is 13.6 Å². The van der Waals surface area contributed by atoms with Crippen LogP contribution in [0.15, 0.2) is 42.9 Å². The van der Waals surface area contributed by atoms with Crippen LogP contribution in [-0.4, -0.2) is 54.2 Å². The van der Waals surface area contributed by atoms with E-state index in [1.165, 1.54) is 0 Å². The lowest BCUT2D eigenvalue weighted by atomic mass is 9.92. The van der Waals surface area contributed by atoms with Crippen molar-refractivity contribution in [2.24, 2.45) is 7.05 Å². The van der Waals surface area contributed by atoms with Crippen LogP contribution >= 0.6 is 0 Å². The molecule has 1 aliphatic rings. The molecular weight excluding hydrogens is 318 g/mol. The number of hydrogen-bond acceptors (Lipinski definition) is 4. The average Bonchev–Trinajstić information content (AvgIpc) is 3.22. The summed E-state index contributed by atoms with van der Waals surface area (Å²) in [6.07, 6.45) is 6.60. The largest absolute Gasteiger partial charge is 0.386 e. The molecule has 2 aromatic heterocycles. The first kappa shape index (κ1) is 15.8. The summed E-state index contributed by atoms with van der Waals surface area (Å²) in [5.41, 5.74) is 0.732. The maximum atomic E-state index is 13.1. The molecule has 3 heterocycles. The Balaban J connectivity index is 1.59. The number of rotatable bonds is 3. The number of aromatic nitrogens is 4. The molecule has 0 aliphatic carbocycles. The van der Waals surface area contributed by atoms with Gasteiger partial charge in [-0.2, -0.15) is 0 Å². The van der Waals surface area contributed by atoms with Crippen LogP contribution in [0.2, 0.25) is 0 Å². The van der Waals surface area contributed by atoms with E-state index in [1.54, 1.807) is 22.0 Å². The first-order chi connectivity index (χ1) is 12.1. The molecule has 1 amide bonds. The van der Waals surface area contributed by atoms with E-state index in [0.29, 0.717) is 31.6 Å². The van der Waals surface area contributed by atoms with Gasteiger partial charge >= 0.3 is 0 Å². The number of nitrogens with zero attached hydrogens (tertiary/aromatic N) is 5. The van der Waals surface area contributed by atoms with Gasteiger partial charge in [0.15, 0.2) is 0 Å². The molecule has 25 heavy (non-hydrogen) atoms. The number of β-amino-alcohol motifs (C(OH)–C–C–N with tert-alkyl or cyclic N) is 1. The maximum Gasteiger partial charge on any atom is 0.256 e. The van der Waals surface area contributed by atoms with Crippen LogP contribution in [0.1, 0.15) is 23.2 Å². The second-order valence-corrected chi connectivity index (χ2v) is 6.83. The second kappa shape index (κ2) is 6.00. The molecule has 1 aliphatic heterocycles. The third-order valence-corrected chi connectivity index (χ3v) is 4.90. The van der Waals surface area contributed by atoms with Crippen molar-refractivity contribution in [1.82, 2.24) is 24.5 Å². The first-order valence-corrected chi connectivity index (χ1v) is 8.46. The van der Waals surface area contributed by atoms with Crippen LogP contribution in [0, 0.1) is 0 Å². The van der Waals surface area contributed by atoms with Gasteiger partial charge in [0.05, 0.1) is 24.8 Å². The van der Waals surface area contributed by atoms with Gasteiger partial charge in [-0.1, -0.05) is 23.4 Å². The van der Waals surface area contributed by atoms with Crippen LogP contribution < -0.4 is 0 Å². The van der Waals surface area contributed by atoms with Gasteiger partial charge in [0.1, 0.15) is 5.60 Å². The molecular formula is C18H21N5O2. The van der Waals surface area contributed by atoms with Gasteiger partial charge < -0.3 is 14.6 Å². The van der Waals surface area contributed by atoms with Gasteiger partial charge in [0.25, 0.3) is 5.91 Å². The SMILES string of the molecule is Cn1cc(C(=O)N2CCCC(O)(Cn3ccnn3)C2)c2ccccc21. The Morgan fingerprint density at radius 3 is 3.00 bits per heavy atom. The molecule has 0 saturated carbocycles. The Labute approximate surface area is 145 Å². The zero-order chi connectivity index (χ0) is 17.4. The summed E-state index contributed by atoms with van der Waals surface area (Å²) in [4.78, 5) is 14.8. The molecule has 0 radical (unpaired) electrons. The standard InChI is InChI=1S/C18H21N5O2/c1-21-11-15(14-5-2-3-6-16(14)21)17(24)22-9-4-7-18(25,12-22)13-23-10-8-19-20-23/h2-3,5-6,8,10-11,25H,4,7,9,12-13H2,1H3. The summed E-state index contributed by atoms with van der Waals surface area (Å²) in [6, 6.07) is 7.88. The van der Waals surface area contributed by atoms with Crippen LogP contribution in [0.3, 0.4) is 0 Å². The Hall–Kier alpha value is -2.67. The minimum Gasteiger partial charge on any atom is -0.386 e. The van der Waals surface area contributed by atoms with E-state index in [9.17, 15) is 9.90 Å². The van der Waals surface area contributed by atoms with Crippen molar-refractivity contribution in [3.8, 4) is 0 Å². The van der Waals surface area contributed by atoms with Crippen molar-refractivity contribution >= 4 is 16.8 Å². The lowest BCUT2D eigenvalue weighted by Gasteiger charge is -2.39. The smallest absolute Gasteiger partial charge is 0.256 e. The number of fused-ring (bicyclic) bond motifs is 1. The van der Waals surface area contributed by atoms with E-state index in [-0.39, 0.29) is 5.91 Å². The molecule has 3 aromatic rings. The molecule has 0 bridgehead atoms. The van der Waals surface area contributed by atoms with E-state index in [2.05, 4.69) is 10.3 Å². The van der Waals surface area contributed by atoms with Crippen molar-refractivity contribution in [3.63, 3.8) is 0 Å². The fourth-order valence-electron chi connectivity index (χ4n) is 3.72. The highest BCUT2D eigenvalue weighted by Crippen LogP contribution is 2.27. The third kappa shape index (κ3) is 2.91. The summed E-state index contributed by atoms with van der Waals surface area (Å²) in [6.45, 7) is 1.29. The van der Waals surface area contributed by atoms with Crippen LogP contribution in [0.4, 0.5) is 0 Å². The van der Waals surface area contributed by atoms with Crippen molar-refractivity contribution < 1.29 is 9.90 Å². The lowest BCUT2D eigenvalue weighted by molar-refractivity contribution is -0.0387. The molecule has 1 saturated heterocycles. The normalized spacial score (nSPS) is 21.0. The molecule has 4 rings (SSSR count). The number of aliphatic hydroxyl groups is 1. The molecule has 1 unspecified atom stereocenters. The van der Waals surface area contributed by atoms with Gasteiger partial charge in [-0.15, -0.1) is 5.10 Å². The molecule has 1 aromatic carbocycles. The number of piperidine rings is 1. The van der Waals surface area contributed by atoms with Crippen molar-refractivity contribution in [3.05, 3.63) is 48.4 Å². The Kier molecular flexibility index (Phi) is 3.80. The Morgan fingerprint density at radius 1 is 1.36 bits per heavy atom. The van der Waals surface area contributed by atoms with E-state index in [4.69, 9.17) is 0 Å². The average molecular weight is 339 g/mol. The highest BCUT2D eigenvalue weighted by molar-refractivity contribution is 6.07. The lowest BCUT2D eigenvalue weighted by Crippen LogP contribution is -2.52. The summed E-state index contributed by atoms with van der Waals surface area (Å²) in [5, 5.41) is 19.6. The van der Waals surface area contributed by atoms with E-state index in [0.717, 1.165) is 17.3 Å². The highest BCUT2D eigenvalue weighted by Gasteiger charge is 2.36. The van der Waals surface area contributed by atoms with Crippen molar-refractivity contribution in [1.29, 1.82) is 0 Å². The summed E-state index contributed by atoms with van der Waals surface area (Å²) in [5.74, 6) is -0.0338. The van der Waals surface area contributed by atoms with Gasteiger partial charge in [-0.05, 0) is 18.9 Å². The first-order valence-electron chi connectivity index (χ1n) is 8.46. The van der Waals surface area contributed by atoms with Gasteiger partial charge in [-0.3, -0.25) is 4.79 Å². The molecule has 0 spiro atoms. The van der Waals surface area contributed by atoms with Gasteiger partial charge in [0, 0.05) is 36.9 Å². The molecule has 1 fully saturated rings. The van der Waals surface area contributed by atoms with E-state index < -0.39 is 5.60 Å². The predicted molar refractivity (Wildman–Crippen MR) is 93.0 cm³/mol. The third-order valence-electron chi connectivity index (χ3n) is 4.90. The molecule has 130 valence electrons. The van der Waals surface area contributed by atoms with Crippen LogP contribution in [0.5, 0.6) is 0 Å². The highest BCUT2D eigenvalue weighted by atomic mass is 16.3. The van der Waals surface area contributed by atoms with Crippen LogP contribution in [0.25, 0.3) is 10.9 Å². The fraction of sp³-hybridized carbons (Fsp3) is 0.389. The predicted octanol–water partition coefficient (Wildman–Crippen LogP) is 1.44. The van der Waals surface area contributed by atoms with Crippen molar-refractivity contribution in [2.45, 2.75) is 25.0 Å². The Bertz CT molecular complexity index is 901. The maximum absolute atomic E-state index is 13.1. The Morgan fingerprint density at radius 2 is 2.20 bits per heavy atom. The minimum atomic E-state index is -0.980. The topological polar surface area (TPSA) is 76.2 Å². The van der Waals surface area contributed by atoms with Gasteiger partial charge in [0.2, 0.25) is 0 Å². The summed E-state index contributed by atoms with van der Waals surface area (Å²) >= 11 is 0. The molecule has 7 nitrogen and oxygen atoms in total. The molecule has 1 N–H and O–H groups in total. The quantitative estimate of drug-likeness (QED) is 0.783.